The molecule has 2 aliphatic rings. The first-order valence-corrected chi connectivity index (χ1v) is 11.9. The molecule has 3 aromatic rings. The smallest absolute Gasteiger partial charge is 0.0943 e. The van der Waals surface area contributed by atoms with Gasteiger partial charge in [0.15, 0.2) is 0 Å². The molecule has 0 unspecified atom stereocenters. The van der Waals surface area contributed by atoms with Crippen LogP contribution in [0.15, 0.2) is 36.7 Å². The highest BCUT2D eigenvalue weighted by molar-refractivity contribution is 5.74. The van der Waals surface area contributed by atoms with Gasteiger partial charge < -0.3 is 10.6 Å². The number of nitrogens with one attached hydrogen (secondary N) is 1. The molecular weight excluding hydrogens is 398 g/mol. The number of nitrogen functional groups attached to an aromatic ring is 1. The van der Waals surface area contributed by atoms with Crippen molar-refractivity contribution in [1.29, 1.82) is 0 Å². The van der Waals surface area contributed by atoms with Gasteiger partial charge in [0, 0.05) is 61.8 Å². The van der Waals surface area contributed by atoms with Gasteiger partial charge in [-0.1, -0.05) is 12.1 Å². The highest BCUT2D eigenvalue weighted by Gasteiger charge is 2.28. The Balaban J connectivity index is 1.22. The first-order chi connectivity index (χ1) is 15.6. The summed E-state index contributed by atoms with van der Waals surface area (Å²) in [5.74, 6) is 0. The molecule has 0 atom stereocenters. The maximum atomic E-state index is 6.44. The Labute approximate surface area is 190 Å². The number of aryl methyl sites for hydroxylation is 1. The molecule has 1 aliphatic carbocycles. The molecule has 5 rings (SSSR count). The highest BCUT2D eigenvalue weighted by Crippen LogP contribution is 2.33. The maximum absolute atomic E-state index is 6.44. The number of nitrogens with zero attached hydrogens (tertiary/aromatic N) is 5. The molecule has 170 valence electrons. The number of hydrogen-bond donors (Lipinski definition) is 2. The van der Waals surface area contributed by atoms with Crippen LogP contribution in [0.5, 0.6) is 0 Å². The van der Waals surface area contributed by atoms with Gasteiger partial charge in [0.05, 0.1) is 17.9 Å². The number of rotatable bonds is 5. The van der Waals surface area contributed by atoms with Crippen LogP contribution in [0.2, 0.25) is 0 Å². The standard InChI is InChI=1S/C25H35N7/c1-18-20(17-27-28-18)15-19-3-8-23(24(26)16-19)25-9-10-32(29-25)22-6-4-21(5-7-22)31-13-11-30(2)12-14-31/h3,8-10,16-17,21-22H,4-7,11-15,26H2,1-2H3,(H,27,28)/t21-,22-. The molecule has 1 aromatic carbocycles. The van der Waals surface area contributed by atoms with Gasteiger partial charge in [-0.25, -0.2) is 0 Å². The first kappa shape index (κ1) is 21.2. The minimum atomic E-state index is 0.497. The zero-order valence-electron chi connectivity index (χ0n) is 19.3. The van der Waals surface area contributed by atoms with Crippen LogP contribution in [0.25, 0.3) is 11.3 Å². The fourth-order valence-electron chi connectivity index (χ4n) is 5.29. The van der Waals surface area contributed by atoms with Gasteiger partial charge in [0.25, 0.3) is 0 Å². The molecule has 0 spiro atoms. The third kappa shape index (κ3) is 4.45. The average Bonchev–Trinajstić information content (AvgIpc) is 3.44. The summed E-state index contributed by atoms with van der Waals surface area (Å²) in [7, 11) is 2.23. The molecule has 0 bridgehead atoms. The first-order valence-electron chi connectivity index (χ1n) is 11.9. The van der Waals surface area contributed by atoms with Crippen molar-refractivity contribution >= 4 is 5.69 Å². The van der Waals surface area contributed by atoms with E-state index in [2.05, 4.69) is 62.2 Å². The molecule has 0 amide bonds. The van der Waals surface area contributed by atoms with Crippen molar-refractivity contribution < 1.29 is 0 Å². The van der Waals surface area contributed by atoms with E-state index in [1.165, 1.54) is 63.0 Å². The molecule has 3 N–H and O–H groups in total. The van der Waals surface area contributed by atoms with Gasteiger partial charge in [-0.2, -0.15) is 10.2 Å². The molecule has 1 saturated heterocycles. The van der Waals surface area contributed by atoms with E-state index in [4.69, 9.17) is 10.8 Å². The normalized spacial score (nSPS) is 22.9. The van der Waals surface area contributed by atoms with Crippen molar-refractivity contribution in [3.05, 3.63) is 53.5 Å². The van der Waals surface area contributed by atoms with Crippen LogP contribution in [0.1, 0.15) is 48.5 Å². The van der Waals surface area contributed by atoms with Crippen molar-refractivity contribution in [2.75, 3.05) is 39.0 Å². The van der Waals surface area contributed by atoms with E-state index in [1.54, 1.807) is 0 Å². The van der Waals surface area contributed by atoms with E-state index in [9.17, 15) is 0 Å². The lowest BCUT2D eigenvalue weighted by Crippen LogP contribution is -2.49. The predicted octanol–water partition coefficient (Wildman–Crippen LogP) is 3.49. The second-order valence-corrected chi connectivity index (χ2v) is 9.60. The number of hydrogen-bond acceptors (Lipinski definition) is 5. The van der Waals surface area contributed by atoms with Crippen LogP contribution >= 0.6 is 0 Å². The summed E-state index contributed by atoms with van der Waals surface area (Å²) in [5.41, 5.74) is 12.7. The average molecular weight is 434 g/mol. The lowest BCUT2D eigenvalue weighted by molar-refractivity contribution is 0.0811. The zero-order chi connectivity index (χ0) is 22.1. The van der Waals surface area contributed by atoms with E-state index < -0.39 is 0 Å². The summed E-state index contributed by atoms with van der Waals surface area (Å²) in [4.78, 5) is 5.14. The molecule has 1 saturated carbocycles. The highest BCUT2D eigenvalue weighted by atomic mass is 15.3. The number of aromatic nitrogens is 4. The third-order valence-electron chi connectivity index (χ3n) is 7.42. The number of anilines is 1. The van der Waals surface area contributed by atoms with Gasteiger partial charge in [-0.05, 0) is 62.9 Å². The quantitative estimate of drug-likeness (QED) is 0.602. The Bertz CT molecular complexity index is 1040. The Morgan fingerprint density at radius 2 is 1.78 bits per heavy atom. The van der Waals surface area contributed by atoms with Crippen LogP contribution in [-0.4, -0.2) is 69.0 Å². The van der Waals surface area contributed by atoms with E-state index in [0.717, 1.165) is 35.1 Å². The largest absolute Gasteiger partial charge is 0.398 e. The summed E-state index contributed by atoms with van der Waals surface area (Å²) >= 11 is 0. The fourth-order valence-corrected chi connectivity index (χ4v) is 5.29. The van der Waals surface area contributed by atoms with Crippen molar-refractivity contribution in [3.8, 4) is 11.3 Å². The Kier molecular flexibility index (Phi) is 6.02. The van der Waals surface area contributed by atoms with Gasteiger partial charge in [-0.15, -0.1) is 0 Å². The van der Waals surface area contributed by atoms with E-state index >= 15 is 0 Å². The molecule has 7 heteroatoms. The summed E-state index contributed by atoms with van der Waals surface area (Å²) in [6.45, 7) is 6.88. The number of piperazine rings is 1. The third-order valence-corrected chi connectivity index (χ3v) is 7.42. The molecular formula is C25H35N7. The minimum Gasteiger partial charge on any atom is -0.398 e. The van der Waals surface area contributed by atoms with Crippen molar-refractivity contribution in [2.24, 2.45) is 0 Å². The fraction of sp³-hybridized carbons (Fsp3) is 0.520. The summed E-state index contributed by atoms with van der Waals surface area (Å²) in [6, 6.07) is 9.68. The van der Waals surface area contributed by atoms with Crippen LogP contribution in [0, 0.1) is 6.92 Å². The SMILES string of the molecule is Cc1[nH]ncc1Cc1ccc(-c2ccn([C@H]3CC[C@H](N4CCN(C)CC4)CC3)n2)c(N)c1. The molecule has 2 fully saturated rings. The second-order valence-electron chi connectivity index (χ2n) is 9.60. The van der Waals surface area contributed by atoms with E-state index in [-0.39, 0.29) is 0 Å². The lowest BCUT2D eigenvalue weighted by Gasteiger charge is -2.41. The van der Waals surface area contributed by atoms with Gasteiger partial charge in [0.2, 0.25) is 0 Å². The molecule has 7 nitrogen and oxygen atoms in total. The van der Waals surface area contributed by atoms with E-state index in [0.29, 0.717) is 6.04 Å². The number of H-pyrrole nitrogens is 1. The van der Waals surface area contributed by atoms with Crippen molar-refractivity contribution in [1.82, 2.24) is 29.8 Å². The lowest BCUT2D eigenvalue weighted by atomic mass is 9.90. The number of likely N-dealkylation sites (N-methyl/N-ethyl adjacent to an activating group) is 1. The predicted molar refractivity (Wildman–Crippen MR) is 129 cm³/mol. The van der Waals surface area contributed by atoms with E-state index in [1.807, 2.05) is 13.1 Å². The number of nitrogens with two attached hydrogens (primary N) is 1. The van der Waals surface area contributed by atoms with Gasteiger partial charge >= 0.3 is 0 Å². The summed E-state index contributed by atoms with van der Waals surface area (Å²) < 4.78 is 2.18. The van der Waals surface area contributed by atoms with Crippen molar-refractivity contribution in [2.45, 2.75) is 51.1 Å². The molecule has 3 heterocycles. The molecule has 1 aliphatic heterocycles. The van der Waals surface area contributed by atoms with Crippen LogP contribution in [0.3, 0.4) is 0 Å². The van der Waals surface area contributed by atoms with Crippen LogP contribution < -0.4 is 5.73 Å². The Hall–Kier alpha value is -2.64. The number of aromatic amines is 1. The second kappa shape index (κ2) is 9.08. The Morgan fingerprint density at radius 3 is 2.47 bits per heavy atom. The monoisotopic (exact) mass is 433 g/mol. The van der Waals surface area contributed by atoms with Gasteiger partial charge in [0.1, 0.15) is 0 Å². The zero-order valence-corrected chi connectivity index (χ0v) is 19.3. The molecule has 32 heavy (non-hydrogen) atoms. The maximum Gasteiger partial charge on any atom is 0.0943 e. The molecule has 2 aromatic heterocycles. The van der Waals surface area contributed by atoms with Crippen LogP contribution in [0.4, 0.5) is 5.69 Å². The van der Waals surface area contributed by atoms with Crippen molar-refractivity contribution in [3.63, 3.8) is 0 Å². The summed E-state index contributed by atoms with van der Waals surface area (Å²) in [6.07, 6.45) is 9.81. The minimum absolute atomic E-state index is 0.497. The Morgan fingerprint density at radius 1 is 1.03 bits per heavy atom. The topological polar surface area (TPSA) is 79.0 Å². The number of benzene rings is 1. The van der Waals surface area contributed by atoms with Crippen LogP contribution in [-0.2, 0) is 6.42 Å². The van der Waals surface area contributed by atoms with Gasteiger partial charge in [-0.3, -0.25) is 14.7 Å². The molecule has 0 radical (unpaired) electrons. The summed E-state index contributed by atoms with van der Waals surface area (Å²) in [5, 5.41) is 12.0.